The molecule has 0 heterocycles. The minimum atomic E-state index is -1.79. The van der Waals surface area contributed by atoms with Crippen molar-refractivity contribution in [2.24, 2.45) is 0 Å². The molecule has 0 radical (unpaired) electrons. The van der Waals surface area contributed by atoms with Gasteiger partial charge >= 0.3 is 160 Å². The van der Waals surface area contributed by atoms with E-state index in [4.69, 9.17) is 0 Å². The normalized spacial score (nSPS) is 14.0. The summed E-state index contributed by atoms with van der Waals surface area (Å²) in [5.41, 5.74) is 0. The number of hydrogen-bond donors (Lipinski definition) is 0. The molecule has 0 aliphatic carbocycles. The number of rotatable bonds is 15. The summed E-state index contributed by atoms with van der Waals surface area (Å²) < 4.78 is 1.02. The van der Waals surface area contributed by atoms with Gasteiger partial charge in [-0.15, -0.1) is 0 Å². The molecule has 0 spiro atoms. The van der Waals surface area contributed by atoms with E-state index in [9.17, 15) is 0 Å². The van der Waals surface area contributed by atoms with Crippen molar-refractivity contribution in [3.8, 4) is 0 Å². The van der Waals surface area contributed by atoms with E-state index in [-0.39, 0.29) is 0 Å². The second kappa shape index (κ2) is 14.4. The summed E-state index contributed by atoms with van der Waals surface area (Å²) in [6.07, 6.45) is 8.66. The maximum atomic E-state index is 2.42. The Morgan fingerprint density at radius 1 is 0.696 bits per heavy atom. The van der Waals surface area contributed by atoms with E-state index in [0.717, 1.165) is 14.6 Å². The van der Waals surface area contributed by atoms with E-state index in [1.807, 2.05) is 0 Å². The molecule has 23 heavy (non-hydrogen) atoms. The van der Waals surface area contributed by atoms with Gasteiger partial charge in [-0.25, -0.2) is 0 Å². The van der Waals surface area contributed by atoms with E-state index in [1.165, 1.54) is 44.3 Å². The van der Waals surface area contributed by atoms with Crippen LogP contribution < -0.4 is 0 Å². The predicted octanol–water partition coefficient (Wildman–Crippen LogP) is 8.03. The molecule has 0 nitrogen and oxygen atoms in total. The molecule has 3 heteroatoms. The topological polar surface area (TPSA) is 0 Å². The Balaban J connectivity index is 5.31. The van der Waals surface area contributed by atoms with E-state index in [2.05, 4.69) is 72.0 Å². The molecule has 0 aromatic carbocycles. The molecular weight excluding hydrogens is 377 g/mol. The zero-order chi connectivity index (χ0) is 17.7. The van der Waals surface area contributed by atoms with E-state index in [0.29, 0.717) is 0 Å². The average molecular weight is 421 g/mol. The van der Waals surface area contributed by atoms with Gasteiger partial charge in [-0.3, -0.25) is 0 Å². The SMILES string of the molecule is CCC[CH2][Ge]([CH2]CCC)([CH2]CCC)[CH](CSC(C)C)SC(C)C. The van der Waals surface area contributed by atoms with Crippen LogP contribution in [-0.4, -0.2) is 33.6 Å². The second-order valence-corrected chi connectivity index (χ2v) is 22.3. The van der Waals surface area contributed by atoms with Crippen molar-refractivity contribution in [1.82, 2.24) is 0 Å². The van der Waals surface area contributed by atoms with Gasteiger partial charge in [-0.05, 0) is 0 Å². The third kappa shape index (κ3) is 10.7. The molecule has 1 unspecified atom stereocenters. The zero-order valence-corrected chi connectivity index (χ0v) is 20.9. The summed E-state index contributed by atoms with van der Waals surface area (Å²) in [6.45, 7) is 16.8. The third-order valence-corrected chi connectivity index (χ3v) is 23.1. The Morgan fingerprint density at radius 2 is 1.13 bits per heavy atom. The summed E-state index contributed by atoms with van der Waals surface area (Å²) in [4.78, 5) is 0. The van der Waals surface area contributed by atoms with E-state index < -0.39 is 13.3 Å². The average Bonchev–Trinajstić information content (AvgIpc) is 2.50. The predicted molar refractivity (Wildman–Crippen MR) is 119 cm³/mol. The molecule has 0 aliphatic heterocycles. The quantitative estimate of drug-likeness (QED) is 0.246. The number of unbranched alkanes of at least 4 members (excludes halogenated alkanes) is 3. The van der Waals surface area contributed by atoms with Crippen LogP contribution in [0.2, 0.25) is 15.8 Å². The molecule has 0 bridgehead atoms. The van der Waals surface area contributed by atoms with Gasteiger partial charge in [0.05, 0.1) is 0 Å². The Morgan fingerprint density at radius 3 is 1.43 bits per heavy atom. The van der Waals surface area contributed by atoms with Crippen LogP contribution in [0.15, 0.2) is 0 Å². The van der Waals surface area contributed by atoms with Gasteiger partial charge in [-0.2, -0.15) is 0 Å². The van der Waals surface area contributed by atoms with Crippen LogP contribution in [0.4, 0.5) is 0 Å². The van der Waals surface area contributed by atoms with Crippen LogP contribution in [0, 0.1) is 0 Å². The van der Waals surface area contributed by atoms with Crippen LogP contribution >= 0.6 is 23.5 Å². The summed E-state index contributed by atoms with van der Waals surface area (Å²) in [5, 5.41) is 6.50. The van der Waals surface area contributed by atoms with Gasteiger partial charge < -0.3 is 0 Å². The number of hydrogen-bond acceptors (Lipinski definition) is 2. The van der Waals surface area contributed by atoms with Crippen LogP contribution in [0.3, 0.4) is 0 Å². The van der Waals surface area contributed by atoms with E-state index in [1.54, 1.807) is 15.8 Å². The standard InChI is InChI=1S/C20H44GeS2/c1-8-11-14-21(15-12-9-2,16-13-10-3)20(23-19(6)7)17-22-18(4)5/h18-20H,8-17H2,1-7H3. The summed E-state index contributed by atoms with van der Waals surface area (Å²) in [5.74, 6) is 1.43. The van der Waals surface area contributed by atoms with Gasteiger partial charge in [0.25, 0.3) is 0 Å². The fraction of sp³-hybridized carbons (Fsp3) is 1.00. The van der Waals surface area contributed by atoms with Crippen molar-refractivity contribution in [1.29, 1.82) is 0 Å². The van der Waals surface area contributed by atoms with Crippen molar-refractivity contribution < 1.29 is 0 Å². The van der Waals surface area contributed by atoms with Gasteiger partial charge in [-0.1, -0.05) is 0 Å². The first-order valence-corrected chi connectivity index (χ1v) is 17.8. The summed E-state index contributed by atoms with van der Waals surface area (Å²) in [7, 11) is 0. The Labute approximate surface area is 159 Å². The Hall–Kier alpha value is 1.24. The number of thioether (sulfide) groups is 2. The molecule has 140 valence electrons. The fourth-order valence-electron chi connectivity index (χ4n) is 3.41. The van der Waals surface area contributed by atoms with Crippen LogP contribution in [0.5, 0.6) is 0 Å². The molecular formula is C20H44GeS2. The monoisotopic (exact) mass is 422 g/mol. The van der Waals surface area contributed by atoms with Gasteiger partial charge in [0.2, 0.25) is 0 Å². The van der Waals surface area contributed by atoms with Crippen molar-refractivity contribution in [3.05, 3.63) is 0 Å². The zero-order valence-electron chi connectivity index (χ0n) is 17.1. The van der Waals surface area contributed by atoms with Crippen molar-refractivity contribution >= 4 is 36.8 Å². The molecule has 0 N–H and O–H groups in total. The van der Waals surface area contributed by atoms with Crippen LogP contribution in [0.1, 0.15) is 87.0 Å². The maximum absolute atomic E-state index is 2.42. The molecule has 0 aromatic rings. The minimum absolute atomic E-state index is 0.786. The van der Waals surface area contributed by atoms with Gasteiger partial charge in [0, 0.05) is 0 Å². The van der Waals surface area contributed by atoms with E-state index >= 15 is 0 Å². The fourth-order valence-corrected chi connectivity index (χ4v) is 24.3. The molecule has 0 saturated heterocycles. The Kier molecular flexibility index (Phi) is 15.2. The first kappa shape index (κ1) is 24.2. The molecule has 0 aromatic heterocycles. The van der Waals surface area contributed by atoms with Crippen LogP contribution in [-0.2, 0) is 0 Å². The molecule has 0 amide bonds. The van der Waals surface area contributed by atoms with Crippen LogP contribution in [0.25, 0.3) is 0 Å². The molecule has 1 atom stereocenters. The first-order chi connectivity index (χ1) is 10.9. The molecule has 0 aliphatic rings. The molecule has 0 fully saturated rings. The third-order valence-electron chi connectivity index (χ3n) is 4.79. The summed E-state index contributed by atoms with van der Waals surface area (Å²) in [6, 6.07) is 0. The van der Waals surface area contributed by atoms with Crippen molar-refractivity contribution in [3.63, 3.8) is 0 Å². The van der Waals surface area contributed by atoms with Gasteiger partial charge in [0.1, 0.15) is 0 Å². The second-order valence-electron chi connectivity index (χ2n) is 7.73. The van der Waals surface area contributed by atoms with Gasteiger partial charge in [0.15, 0.2) is 0 Å². The van der Waals surface area contributed by atoms with Crippen molar-refractivity contribution in [2.75, 3.05) is 5.75 Å². The molecule has 0 rings (SSSR count). The van der Waals surface area contributed by atoms with Crippen molar-refractivity contribution in [2.45, 2.75) is 117 Å². The summed E-state index contributed by atoms with van der Waals surface area (Å²) >= 11 is 2.81. The first-order valence-electron chi connectivity index (χ1n) is 10.2. The Bertz CT molecular complexity index is 245. The molecule has 0 saturated carbocycles.